The Morgan fingerprint density at radius 1 is 0.758 bits per heavy atom. The minimum Gasteiger partial charge on any atom is -0.460 e. The van der Waals surface area contributed by atoms with E-state index < -0.39 is 12.1 Å². The third kappa shape index (κ3) is 3.05. The van der Waals surface area contributed by atoms with Crippen molar-refractivity contribution < 1.29 is 14.6 Å². The minimum absolute atomic E-state index is 0.0432. The van der Waals surface area contributed by atoms with Crippen molar-refractivity contribution in [3.8, 4) is 0 Å². The van der Waals surface area contributed by atoms with Gasteiger partial charge in [0.05, 0.1) is 0 Å². The lowest BCUT2D eigenvalue weighted by molar-refractivity contribution is -0.256. The maximum absolute atomic E-state index is 12.5. The molecule has 0 bridgehead atoms. The van der Waals surface area contributed by atoms with Crippen molar-refractivity contribution in [3.63, 3.8) is 0 Å². The normalized spacial score (nSPS) is 58.1. The van der Waals surface area contributed by atoms with Crippen LogP contribution in [0, 0.1) is 50.2 Å². The van der Waals surface area contributed by atoms with Gasteiger partial charge in [-0.25, -0.2) is 4.79 Å². The van der Waals surface area contributed by atoms with Crippen LogP contribution in [0.25, 0.3) is 0 Å². The minimum atomic E-state index is -0.968. The maximum Gasteiger partial charge on any atom is 0.335 e. The van der Waals surface area contributed by atoms with Crippen LogP contribution in [0.5, 0.6) is 0 Å². The molecule has 10 atom stereocenters. The van der Waals surface area contributed by atoms with E-state index in [9.17, 15) is 9.90 Å². The summed E-state index contributed by atoms with van der Waals surface area (Å²) >= 11 is 0. The number of carbonyl (C=O) groups excluding carboxylic acids is 1. The number of aliphatic hydroxyl groups excluding tert-OH is 1. The van der Waals surface area contributed by atoms with E-state index in [0.717, 1.165) is 12.3 Å². The molecular formula is C30H50O3. The first-order valence-electron chi connectivity index (χ1n) is 14.0. The largest absolute Gasteiger partial charge is 0.460 e. The Balaban J connectivity index is 1.56. The molecule has 4 aliphatic carbocycles. The first-order valence-corrected chi connectivity index (χ1v) is 14.0. The van der Waals surface area contributed by atoms with Crippen LogP contribution in [0.4, 0.5) is 0 Å². The van der Waals surface area contributed by atoms with Crippen molar-refractivity contribution >= 4 is 5.97 Å². The molecule has 0 aromatic heterocycles. The van der Waals surface area contributed by atoms with E-state index in [-0.39, 0.29) is 16.9 Å². The predicted octanol–water partition coefficient (Wildman–Crippen LogP) is 7.15. The molecule has 3 nitrogen and oxygen atoms in total. The van der Waals surface area contributed by atoms with E-state index in [1.807, 2.05) is 0 Å². The van der Waals surface area contributed by atoms with E-state index >= 15 is 0 Å². The van der Waals surface area contributed by atoms with Crippen LogP contribution < -0.4 is 0 Å². The zero-order valence-corrected chi connectivity index (χ0v) is 22.7. The molecule has 1 saturated heterocycles. The van der Waals surface area contributed by atoms with Gasteiger partial charge in [-0.15, -0.1) is 0 Å². The highest BCUT2D eigenvalue weighted by Crippen LogP contribution is 2.77. The fourth-order valence-electron chi connectivity index (χ4n) is 10.9. The predicted molar refractivity (Wildman–Crippen MR) is 133 cm³/mol. The van der Waals surface area contributed by atoms with Gasteiger partial charge < -0.3 is 9.84 Å². The summed E-state index contributed by atoms with van der Waals surface area (Å²) in [4.78, 5) is 12.5. The van der Waals surface area contributed by atoms with E-state index in [1.54, 1.807) is 0 Å². The SMILES string of the molecule is C[C@H]1OC(=O)[C@H](O)C[C@@H]2[C@]1(C)CC[C@H]1[C@@]2(C)CC[C@@]2(C)[C@@H]3CC(C)(C)CC[C@]3(C)CC[C@]12C. The van der Waals surface area contributed by atoms with Gasteiger partial charge in [-0.1, -0.05) is 48.5 Å². The van der Waals surface area contributed by atoms with Gasteiger partial charge in [0, 0.05) is 5.41 Å². The van der Waals surface area contributed by atoms with E-state index in [1.165, 1.54) is 51.4 Å². The summed E-state index contributed by atoms with van der Waals surface area (Å²) in [6.07, 6.45) is 11.2. The van der Waals surface area contributed by atoms with Gasteiger partial charge in [0.15, 0.2) is 6.10 Å². The van der Waals surface area contributed by atoms with Gasteiger partial charge >= 0.3 is 5.97 Å². The van der Waals surface area contributed by atoms with Gasteiger partial charge in [-0.3, -0.25) is 0 Å². The van der Waals surface area contributed by atoms with Gasteiger partial charge in [-0.05, 0) is 116 Å². The highest BCUT2D eigenvalue weighted by atomic mass is 16.6. The second-order valence-electron chi connectivity index (χ2n) is 15.4. The number of rotatable bonds is 0. The van der Waals surface area contributed by atoms with E-state index in [0.29, 0.717) is 39.9 Å². The monoisotopic (exact) mass is 458 g/mol. The lowest BCUT2D eigenvalue weighted by Gasteiger charge is -2.74. The standard InChI is InChI=1S/C30H50O3/c1-19-27(5)10-9-21-28(6,22(27)17-20(31)24(32)33-19)14-16-30(8)23-18-25(2,3)11-12-26(23,4)13-15-29(21,30)7/h19-23,31H,9-18H2,1-8H3/t19-,20-,21+,22-,23-,26-,27-,28-,29-,30+/m1/s1. The lowest BCUT2D eigenvalue weighted by atomic mass is 9.30. The summed E-state index contributed by atoms with van der Waals surface area (Å²) in [5.41, 5.74) is 1.76. The molecule has 5 fully saturated rings. The molecule has 0 spiro atoms. The third-order valence-corrected chi connectivity index (χ3v) is 13.5. The molecule has 0 amide bonds. The van der Waals surface area contributed by atoms with Crippen molar-refractivity contribution in [1.29, 1.82) is 0 Å². The van der Waals surface area contributed by atoms with Crippen LogP contribution in [-0.4, -0.2) is 23.3 Å². The van der Waals surface area contributed by atoms with Crippen LogP contribution in [0.1, 0.15) is 120 Å². The lowest BCUT2D eigenvalue weighted by Crippen LogP contribution is -2.67. The number of hydrogen-bond donors (Lipinski definition) is 1. The van der Waals surface area contributed by atoms with Gasteiger partial charge in [0.2, 0.25) is 0 Å². The van der Waals surface area contributed by atoms with Crippen molar-refractivity contribution in [2.75, 3.05) is 0 Å². The average molecular weight is 459 g/mol. The maximum atomic E-state index is 12.5. The van der Waals surface area contributed by atoms with Crippen molar-refractivity contribution in [2.24, 2.45) is 50.2 Å². The summed E-state index contributed by atoms with van der Waals surface area (Å²) in [5.74, 6) is 1.39. The molecule has 188 valence electrons. The van der Waals surface area contributed by atoms with Crippen LogP contribution in [-0.2, 0) is 9.53 Å². The fraction of sp³-hybridized carbons (Fsp3) is 0.967. The first kappa shape index (κ1) is 24.1. The molecule has 1 N–H and O–H groups in total. The van der Waals surface area contributed by atoms with Crippen molar-refractivity contribution in [3.05, 3.63) is 0 Å². The highest BCUT2D eigenvalue weighted by Gasteiger charge is 2.71. The summed E-state index contributed by atoms with van der Waals surface area (Å²) < 4.78 is 5.79. The van der Waals surface area contributed by atoms with Gasteiger partial charge in [0.25, 0.3) is 0 Å². The number of carbonyl (C=O) groups is 1. The quantitative estimate of drug-likeness (QED) is 0.392. The van der Waals surface area contributed by atoms with Gasteiger partial charge in [-0.2, -0.15) is 0 Å². The van der Waals surface area contributed by atoms with Crippen molar-refractivity contribution in [1.82, 2.24) is 0 Å². The highest BCUT2D eigenvalue weighted by molar-refractivity contribution is 5.75. The number of ether oxygens (including phenoxy) is 1. The zero-order valence-electron chi connectivity index (χ0n) is 22.7. The van der Waals surface area contributed by atoms with Crippen LogP contribution >= 0.6 is 0 Å². The number of aliphatic hydroxyl groups is 1. The molecular weight excluding hydrogens is 408 g/mol. The molecule has 0 aromatic carbocycles. The zero-order chi connectivity index (χ0) is 24.2. The average Bonchev–Trinajstić information content (AvgIpc) is 2.81. The Morgan fingerprint density at radius 3 is 2.06 bits per heavy atom. The van der Waals surface area contributed by atoms with Crippen LogP contribution in [0.15, 0.2) is 0 Å². The first-order chi connectivity index (χ1) is 15.1. The fourth-order valence-corrected chi connectivity index (χ4v) is 10.9. The van der Waals surface area contributed by atoms with Crippen LogP contribution in [0.3, 0.4) is 0 Å². The molecule has 33 heavy (non-hydrogen) atoms. The molecule has 0 aromatic rings. The Labute approximate surface area is 202 Å². The molecule has 0 radical (unpaired) electrons. The number of cyclic esters (lactones) is 1. The number of fused-ring (bicyclic) bond motifs is 7. The second kappa shape index (κ2) is 7.01. The van der Waals surface area contributed by atoms with Crippen molar-refractivity contribution in [2.45, 2.75) is 132 Å². The topological polar surface area (TPSA) is 46.5 Å². The third-order valence-electron chi connectivity index (χ3n) is 13.5. The molecule has 1 heterocycles. The summed E-state index contributed by atoms with van der Waals surface area (Å²) in [6.45, 7) is 20.0. The molecule has 0 unspecified atom stereocenters. The van der Waals surface area contributed by atoms with Gasteiger partial charge in [0.1, 0.15) is 6.10 Å². The van der Waals surface area contributed by atoms with E-state index in [4.69, 9.17) is 4.74 Å². The molecule has 5 rings (SSSR count). The Kier molecular flexibility index (Phi) is 5.13. The number of hydrogen-bond acceptors (Lipinski definition) is 3. The Hall–Kier alpha value is -0.570. The Bertz CT molecular complexity index is 834. The summed E-state index contributed by atoms with van der Waals surface area (Å²) in [7, 11) is 0. The number of esters is 1. The van der Waals surface area contributed by atoms with E-state index in [2.05, 4.69) is 55.4 Å². The van der Waals surface area contributed by atoms with Crippen LogP contribution in [0.2, 0.25) is 0 Å². The summed E-state index contributed by atoms with van der Waals surface area (Å²) in [6, 6.07) is 0. The molecule has 5 aliphatic rings. The molecule has 1 aliphatic heterocycles. The summed E-state index contributed by atoms with van der Waals surface area (Å²) in [5, 5.41) is 10.8. The smallest absolute Gasteiger partial charge is 0.335 e. The Morgan fingerprint density at radius 2 is 1.36 bits per heavy atom. The second-order valence-corrected chi connectivity index (χ2v) is 15.4. The molecule has 3 heteroatoms. The molecule has 4 saturated carbocycles.